The van der Waals surface area contributed by atoms with E-state index in [1.54, 1.807) is 63.6 Å². The van der Waals surface area contributed by atoms with Crippen LogP contribution in [0.25, 0.3) is 16.9 Å². The van der Waals surface area contributed by atoms with Crippen molar-refractivity contribution >= 4 is 22.1 Å². The molecule has 0 bridgehead atoms. The molecule has 1 heterocycles. The number of ether oxygens (including phenoxy) is 2. The Morgan fingerprint density at radius 2 is 1.67 bits per heavy atom. The lowest BCUT2D eigenvalue weighted by molar-refractivity contribution is -0.719. The summed E-state index contributed by atoms with van der Waals surface area (Å²) in [6.45, 7) is 10.7. The molecule has 0 saturated heterocycles. The van der Waals surface area contributed by atoms with E-state index in [0.29, 0.717) is 5.56 Å². The Balaban J connectivity index is 1.65. The van der Waals surface area contributed by atoms with Crippen LogP contribution in [-0.4, -0.2) is 65.7 Å². The average Bonchev–Trinajstić information content (AvgIpc) is 3.44. The van der Waals surface area contributed by atoms with Gasteiger partial charge in [-0.05, 0) is 71.9 Å². The van der Waals surface area contributed by atoms with Crippen LogP contribution < -0.4 is 4.72 Å². The van der Waals surface area contributed by atoms with Crippen LogP contribution in [0.2, 0.25) is 0 Å². The molecule has 0 fully saturated rings. The van der Waals surface area contributed by atoms with Crippen LogP contribution in [0.15, 0.2) is 64.8 Å². The minimum atomic E-state index is -4.72. The van der Waals surface area contributed by atoms with E-state index in [9.17, 15) is 36.4 Å². The summed E-state index contributed by atoms with van der Waals surface area (Å²) in [4.78, 5) is 28.9. The molecule has 3 rings (SSSR count). The normalized spacial score (nSPS) is 13.2. The third-order valence-corrected chi connectivity index (χ3v) is 7.80. The van der Waals surface area contributed by atoms with Gasteiger partial charge in [0.05, 0.1) is 32.7 Å². The maximum absolute atomic E-state index is 13.5. The molecule has 48 heavy (non-hydrogen) atoms. The number of carbonyl (C=O) groups excluding carboxylic acids is 2. The van der Waals surface area contributed by atoms with Gasteiger partial charge < -0.3 is 14.7 Å². The number of halogens is 3. The van der Waals surface area contributed by atoms with E-state index < -0.39 is 58.3 Å². The molecule has 262 valence electrons. The van der Waals surface area contributed by atoms with E-state index in [-0.39, 0.29) is 27.8 Å². The second kappa shape index (κ2) is 14.9. The van der Waals surface area contributed by atoms with Crippen molar-refractivity contribution in [3.63, 3.8) is 0 Å². The molecular weight excluding hydrogens is 661 g/mol. The number of hydrogen-bond acceptors (Lipinski definition) is 10. The number of rotatable bonds is 12. The number of nitrogens with zero attached hydrogens (tertiary/aromatic N) is 5. The summed E-state index contributed by atoms with van der Waals surface area (Å²) in [6, 6.07) is 11.8. The topological polar surface area (TPSA) is 167 Å². The molecule has 1 N–H and O–H groups in total. The standard InChI is InChI=1S/C30H37F3N6O8S/c1-19(2)37(39(42)36-47-21(4)46-27(40)29(5,6)7)16-17-45-28(41)35-48(43,44)24-14-12-23(13-15-24)38-25(18-26(34-38)30(31,32)33)22-10-8-20(3)9-11-22/h8-15,18-19,21H,16-17H2,1-7H3,(H,35,41)/b39-36-. The largest absolute Gasteiger partial charge is 0.569 e. The van der Waals surface area contributed by atoms with Crippen molar-refractivity contribution < 1.29 is 50.5 Å². The molecule has 1 unspecified atom stereocenters. The van der Waals surface area contributed by atoms with Crippen molar-refractivity contribution in [3.8, 4) is 16.9 Å². The molecule has 2 aromatic carbocycles. The SMILES string of the molecule is Cc1ccc(-c2cc(C(F)(F)F)nn2-c2ccc(S(=O)(=O)NC(=O)OCCN(C(C)C)/[N+]([O-])=N/OC(C)OC(=O)C(C)(C)C)cc2)cc1. The molecule has 0 aliphatic carbocycles. The highest BCUT2D eigenvalue weighted by atomic mass is 32.2. The molecule has 18 heteroatoms. The van der Waals surface area contributed by atoms with Crippen LogP contribution in [0.3, 0.4) is 0 Å². The third-order valence-electron chi connectivity index (χ3n) is 6.48. The quantitative estimate of drug-likeness (QED) is 0.0810. The van der Waals surface area contributed by atoms with Gasteiger partial charge in [0.1, 0.15) is 13.2 Å². The van der Waals surface area contributed by atoms with Gasteiger partial charge in [-0.3, -0.25) is 9.63 Å². The summed E-state index contributed by atoms with van der Waals surface area (Å²) >= 11 is 0. The predicted molar refractivity (Wildman–Crippen MR) is 164 cm³/mol. The number of hydrogen-bond donors (Lipinski definition) is 1. The number of sulfonamides is 1. The zero-order valence-corrected chi connectivity index (χ0v) is 28.1. The number of alkyl halides is 3. The number of esters is 1. The maximum atomic E-state index is 13.5. The summed E-state index contributed by atoms with van der Waals surface area (Å²) in [6.07, 6.45) is -7.24. The van der Waals surface area contributed by atoms with Crippen LogP contribution >= 0.6 is 0 Å². The number of hydrazine groups is 1. The van der Waals surface area contributed by atoms with Gasteiger partial charge >= 0.3 is 18.2 Å². The first-order valence-corrected chi connectivity index (χ1v) is 16.0. The Kier molecular flexibility index (Phi) is 11.7. The van der Waals surface area contributed by atoms with Crippen molar-refractivity contribution in [2.45, 2.75) is 71.9 Å². The van der Waals surface area contributed by atoms with Crippen molar-refractivity contribution in [3.05, 3.63) is 71.1 Å². The molecule has 0 radical (unpaired) electrons. The third kappa shape index (κ3) is 10.1. The monoisotopic (exact) mass is 698 g/mol. The highest BCUT2D eigenvalue weighted by Gasteiger charge is 2.35. The summed E-state index contributed by atoms with van der Waals surface area (Å²) in [5, 5.41) is 20.6. The molecule has 0 aliphatic heterocycles. The van der Waals surface area contributed by atoms with Crippen LogP contribution in [0.5, 0.6) is 0 Å². The molecular formula is C30H37F3N6O8S. The molecule has 14 nitrogen and oxygen atoms in total. The van der Waals surface area contributed by atoms with Gasteiger partial charge in [0.2, 0.25) is 5.28 Å². The smallest absolute Gasteiger partial charge is 0.435 e. The molecule has 0 saturated carbocycles. The minimum absolute atomic E-state index is 0.0766. The summed E-state index contributed by atoms with van der Waals surface area (Å²) in [7, 11) is -4.47. The number of aryl methyl sites for hydroxylation is 1. The van der Waals surface area contributed by atoms with Gasteiger partial charge in [0, 0.05) is 12.5 Å². The fourth-order valence-corrected chi connectivity index (χ4v) is 4.78. The predicted octanol–water partition coefficient (Wildman–Crippen LogP) is 5.74. The number of benzene rings is 2. The van der Waals surface area contributed by atoms with Gasteiger partial charge in [0.15, 0.2) is 5.69 Å². The van der Waals surface area contributed by atoms with Gasteiger partial charge in [-0.15, -0.1) is 5.01 Å². The molecule has 1 amide bonds. The molecule has 0 aliphatic rings. The van der Waals surface area contributed by atoms with E-state index in [1.165, 1.54) is 19.1 Å². The zero-order valence-electron chi connectivity index (χ0n) is 27.3. The highest BCUT2D eigenvalue weighted by Crippen LogP contribution is 2.33. The minimum Gasteiger partial charge on any atom is -0.569 e. The van der Waals surface area contributed by atoms with Gasteiger partial charge in [-0.1, -0.05) is 29.8 Å². The highest BCUT2D eigenvalue weighted by molar-refractivity contribution is 7.90. The Morgan fingerprint density at radius 3 is 2.21 bits per heavy atom. The second-order valence-corrected chi connectivity index (χ2v) is 13.5. The zero-order chi connectivity index (χ0) is 36.0. The first kappa shape index (κ1) is 37.6. The van der Waals surface area contributed by atoms with Gasteiger partial charge in [-0.2, -0.15) is 18.3 Å². The molecule has 1 aromatic heterocycles. The fourth-order valence-electron chi connectivity index (χ4n) is 3.89. The molecule has 3 aromatic rings. The van der Waals surface area contributed by atoms with Crippen molar-refractivity contribution in [1.82, 2.24) is 19.5 Å². The van der Waals surface area contributed by atoms with Crippen LogP contribution in [0, 0.1) is 17.5 Å². The Morgan fingerprint density at radius 1 is 1.06 bits per heavy atom. The van der Waals surface area contributed by atoms with Gasteiger partial charge in [0.25, 0.3) is 16.3 Å². The Bertz CT molecular complexity index is 1720. The number of aromatic nitrogens is 2. The first-order valence-electron chi connectivity index (χ1n) is 14.5. The number of amides is 1. The summed E-state index contributed by atoms with van der Waals surface area (Å²) in [5.41, 5.74) is -0.312. The van der Waals surface area contributed by atoms with E-state index in [0.717, 1.165) is 33.5 Å². The maximum Gasteiger partial charge on any atom is 0.435 e. The van der Waals surface area contributed by atoms with E-state index >= 15 is 0 Å². The lowest BCUT2D eigenvalue weighted by Crippen LogP contribution is -2.41. The van der Waals surface area contributed by atoms with Crippen molar-refractivity contribution in [2.75, 3.05) is 13.2 Å². The second-order valence-electron chi connectivity index (χ2n) is 11.8. The fraction of sp³-hybridized carbons (Fsp3) is 0.433. The first-order chi connectivity index (χ1) is 22.2. The molecule has 0 spiro atoms. The van der Waals surface area contributed by atoms with Crippen LogP contribution in [0.1, 0.15) is 52.8 Å². The van der Waals surface area contributed by atoms with E-state index in [1.807, 2.05) is 6.92 Å². The number of carbonyl (C=O) groups is 2. The van der Waals surface area contributed by atoms with Gasteiger partial charge in [-0.25, -0.2) is 22.6 Å². The lowest BCUT2D eigenvalue weighted by atomic mass is 9.97. The van der Waals surface area contributed by atoms with E-state index in [2.05, 4.69) is 10.4 Å². The lowest BCUT2D eigenvalue weighted by Gasteiger charge is -2.22. The van der Waals surface area contributed by atoms with Crippen LogP contribution in [0.4, 0.5) is 18.0 Å². The van der Waals surface area contributed by atoms with E-state index in [4.69, 9.17) is 14.3 Å². The Labute approximate surface area is 275 Å². The Hall–Kier alpha value is -4.87. The summed E-state index contributed by atoms with van der Waals surface area (Å²) in [5.74, 6) is -0.571. The van der Waals surface area contributed by atoms with Crippen molar-refractivity contribution in [1.29, 1.82) is 0 Å². The van der Waals surface area contributed by atoms with Crippen LogP contribution in [-0.2, 0) is 35.3 Å². The summed E-state index contributed by atoms with van der Waals surface area (Å²) < 4.78 is 79.0. The van der Waals surface area contributed by atoms with Crippen molar-refractivity contribution in [2.24, 2.45) is 10.7 Å². The molecule has 1 atom stereocenters. The average molecular weight is 699 g/mol. The number of nitrogens with one attached hydrogen (secondary N) is 1.